The van der Waals surface area contributed by atoms with E-state index in [1.54, 1.807) is 18.4 Å². The molecule has 2 heterocycles. The Hall–Kier alpha value is -1.54. The Morgan fingerprint density at radius 1 is 1.32 bits per heavy atom. The fraction of sp³-hybridized carbons (Fsp3) is 0.412. The Labute approximate surface area is 152 Å². The van der Waals surface area contributed by atoms with Crippen molar-refractivity contribution in [2.45, 2.75) is 23.8 Å². The van der Waals surface area contributed by atoms with Gasteiger partial charge in [-0.15, -0.1) is 0 Å². The van der Waals surface area contributed by atoms with Crippen molar-refractivity contribution >= 4 is 21.6 Å². The van der Waals surface area contributed by atoms with Crippen LogP contribution < -0.4 is 9.46 Å². The largest absolute Gasteiger partial charge is 0.495 e. The molecule has 0 spiro atoms. The minimum Gasteiger partial charge on any atom is -0.495 e. The van der Waals surface area contributed by atoms with Gasteiger partial charge in [0.2, 0.25) is 10.0 Å². The number of halogens is 1. The lowest BCUT2D eigenvalue weighted by atomic mass is 10.2. The van der Waals surface area contributed by atoms with Crippen molar-refractivity contribution in [3.05, 3.63) is 47.4 Å². The van der Waals surface area contributed by atoms with E-state index in [4.69, 9.17) is 20.8 Å². The zero-order chi connectivity index (χ0) is 17.9. The predicted molar refractivity (Wildman–Crippen MR) is 95.4 cm³/mol. The third-order valence-electron chi connectivity index (χ3n) is 4.33. The Bertz CT molecular complexity index is 802. The van der Waals surface area contributed by atoms with E-state index < -0.39 is 10.0 Å². The first-order valence-corrected chi connectivity index (χ1v) is 9.98. The summed E-state index contributed by atoms with van der Waals surface area (Å²) in [5, 5.41) is 0.336. The number of benzene rings is 1. The van der Waals surface area contributed by atoms with Crippen LogP contribution in [0.4, 0.5) is 0 Å². The van der Waals surface area contributed by atoms with E-state index in [9.17, 15) is 8.42 Å². The fourth-order valence-electron chi connectivity index (χ4n) is 3.07. The summed E-state index contributed by atoms with van der Waals surface area (Å²) in [5.74, 6) is 1.01. The number of rotatable bonds is 7. The molecule has 25 heavy (non-hydrogen) atoms. The summed E-state index contributed by atoms with van der Waals surface area (Å²) < 4.78 is 38.9. The molecule has 8 heteroatoms. The van der Waals surface area contributed by atoms with Gasteiger partial charge in [0, 0.05) is 11.6 Å². The second-order valence-electron chi connectivity index (χ2n) is 5.92. The van der Waals surface area contributed by atoms with Gasteiger partial charge in [-0.1, -0.05) is 11.6 Å². The maximum absolute atomic E-state index is 12.8. The van der Waals surface area contributed by atoms with Gasteiger partial charge >= 0.3 is 0 Å². The number of nitrogens with one attached hydrogen (secondary N) is 1. The summed E-state index contributed by atoms with van der Waals surface area (Å²) in [7, 11) is -2.34. The molecular weight excluding hydrogens is 364 g/mol. The predicted octanol–water partition coefficient (Wildman–Crippen LogP) is 3.06. The van der Waals surface area contributed by atoms with Crippen molar-refractivity contribution in [3.8, 4) is 5.75 Å². The summed E-state index contributed by atoms with van der Waals surface area (Å²) in [6, 6.07) is 8.07. The van der Waals surface area contributed by atoms with E-state index >= 15 is 0 Å². The molecule has 0 amide bonds. The molecule has 1 aliphatic rings. The summed E-state index contributed by atoms with van der Waals surface area (Å²) in [6.45, 7) is 2.06. The van der Waals surface area contributed by atoms with Crippen LogP contribution in [-0.2, 0) is 10.0 Å². The van der Waals surface area contributed by atoms with Crippen molar-refractivity contribution in [3.63, 3.8) is 0 Å². The van der Waals surface area contributed by atoms with E-state index in [1.807, 2.05) is 12.1 Å². The van der Waals surface area contributed by atoms with Gasteiger partial charge in [-0.25, -0.2) is 13.1 Å². The molecule has 1 atom stereocenters. The number of ether oxygens (including phenoxy) is 1. The van der Waals surface area contributed by atoms with Gasteiger partial charge in [-0.05, 0) is 56.3 Å². The van der Waals surface area contributed by atoms with Crippen LogP contribution >= 0.6 is 11.6 Å². The lowest BCUT2D eigenvalue weighted by Gasteiger charge is -2.26. The smallest absolute Gasteiger partial charge is 0.244 e. The van der Waals surface area contributed by atoms with Crippen LogP contribution in [0.3, 0.4) is 0 Å². The third kappa shape index (κ3) is 4.17. The first-order valence-electron chi connectivity index (χ1n) is 8.12. The highest BCUT2D eigenvalue weighted by atomic mass is 35.5. The topological polar surface area (TPSA) is 71.8 Å². The van der Waals surface area contributed by atoms with Gasteiger partial charge < -0.3 is 9.15 Å². The Morgan fingerprint density at radius 2 is 2.08 bits per heavy atom. The summed E-state index contributed by atoms with van der Waals surface area (Å²) in [5.41, 5.74) is 0. The molecule has 1 N–H and O–H groups in total. The van der Waals surface area contributed by atoms with Crippen molar-refractivity contribution in [1.82, 2.24) is 9.62 Å². The molecule has 1 aromatic heterocycles. The highest BCUT2D eigenvalue weighted by Crippen LogP contribution is 2.29. The van der Waals surface area contributed by atoms with Crippen LogP contribution in [0.1, 0.15) is 24.6 Å². The number of likely N-dealkylation sites (tertiary alicyclic amines) is 1. The molecule has 0 bridgehead atoms. The number of furan rings is 1. The average molecular weight is 385 g/mol. The van der Waals surface area contributed by atoms with Gasteiger partial charge in [-0.2, -0.15) is 0 Å². The first kappa shape index (κ1) is 18.3. The van der Waals surface area contributed by atoms with E-state index in [1.165, 1.54) is 13.2 Å². The van der Waals surface area contributed by atoms with Crippen LogP contribution in [0, 0.1) is 0 Å². The van der Waals surface area contributed by atoms with Crippen molar-refractivity contribution in [1.29, 1.82) is 0 Å². The van der Waals surface area contributed by atoms with E-state index in [2.05, 4.69) is 9.62 Å². The normalized spacial score (nSPS) is 16.9. The molecule has 1 aromatic carbocycles. The van der Waals surface area contributed by atoms with Crippen LogP contribution in [0.2, 0.25) is 5.02 Å². The fourth-order valence-corrected chi connectivity index (χ4v) is 4.54. The Balaban J connectivity index is 1.81. The van der Waals surface area contributed by atoms with Gasteiger partial charge in [-0.3, -0.25) is 4.90 Å². The van der Waals surface area contributed by atoms with Gasteiger partial charge in [0.05, 0.1) is 19.4 Å². The number of hydrogen-bond donors (Lipinski definition) is 1. The Morgan fingerprint density at radius 3 is 2.72 bits per heavy atom. The number of methoxy groups -OCH3 is 1. The molecule has 1 fully saturated rings. The molecule has 0 aliphatic carbocycles. The average Bonchev–Trinajstić information content (AvgIpc) is 3.29. The van der Waals surface area contributed by atoms with E-state index in [-0.39, 0.29) is 23.2 Å². The zero-order valence-electron chi connectivity index (χ0n) is 13.9. The molecule has 6 nitrogen and oxygen atoms in total. The SMILES string of the molecule is COc1ccc(Cl)cc1S(=O)(=O)NCC(c1ccco1)N1CCCC1. The molecule has 136 valence electrons. The number of sulfonamides is 1. The lowest BCUT2D eigenvalue weighted by Crippen LogP contribution is -2.36. The highest BCUT2D eigenvalue weighted by molar-refractivity contribution is 7.89. The molecule has 3 rings (SSSR count). The van der Waals surface area contributed by atoms with Crippen LogP contribution in [0.25, 0.3) is 0 Å². The van der Waals surface area contributed by atoms with Gasteiger partial charge in [0.1, 0.15) is 16.4 Å². The number of nitrogens with zero attached hydrogens (tertiary/aromatic N) is 1. The second kappa shape index (κ2) is 7.78. The molecule has 1 aliphatic heterocycles. The quantitative estimate of drug-likeness (QED) is 0.794. The van der Waals surface area contributed by atoms with Gasteiger partial charge in [0.15, 0.2) is 0 Å². The zero-order valence-corrected chi connectivity index (χ0v) is 15.5. The van der Waals surface area contributed by atoms with E-state index in [0.29, 0.717) is 5.02 Å². The lowest BCUT2D eigenvalue weighted by molar-refractivity contribution is 0.216. The molecular formula is C17H21ClN2O4S. The number of hydrogen-bond acceptors (Lipinski definition) is 5. The highest BCUT2D eigenvalue weighted by Gasteiger charge is 2.28. The standard InChI is InChI=1S/C17H21ClN2O4S/c1-23-16-7-6-13(18)11-17(16)25(21,22)19-12-14(15-5-4-10-24-15)20-8-2-3-9-20/h4-7,10-11,14,19H,2-3,8-9,12H2,1H3. The summed E-state index contributed by atoms with van der Waals surface area (Å²) in [4.78, 5) is 2.26. The molecule has 1 unspecified atom stereocenters. The van der Waals surface area contributed by atoms with E-state index in [0.717, 1.165) is 31.7 Å². The summed E-state index contributed by atoms with van der Waals surface area (Å²) in [6.07, 6.45) is 3.81. The maximum atomic E-state index is 12.8. The van der Waals surface area contributed by atoms with Crippen molar-refractivity contribution in [2.75, 3.05) is 26.7 Å². The summed E-state index contributed by atoms with van der Waals surface area (Å²) >= 11 is 5.96. The monoisotopic (exact) mass is 384 g/mol. The second-order valence-corrected chi connectivity index (χ2v) is 8.09. The van der Waals surface area contributed by atoms with Crippen LogP contribution in [-0.4, -0.2) is 40.1 Å². The minimum atomic E-state index is -3.77. The molecule has 0 radical (unpaired) electrons. The van der Waals surface area contributed by atoms with Crippen molar-refractivity contribution < 1.29 is 17.6 Å². The van der Waals surface area contributed by atoms with Crippen LogP contribution in [0.15, 0.2) is 45.9 Å². The van der Waals surface area contributed by atoms with Crippen molar-refractivity contribution in [2.24, 2.45) is 0 Å². The maximum Gasteiger partial charge on any atom is 0.244 e. The van der Waals surface area contributed by atoms with Gasteiger partial charge in [0.25, 0.3) is 0 Å². The minimum absolute atomic E-state index is 0.0297. The van der Waals surface area contributed by atoms with Crippen LogP contribution in [0.5, 0.6) is 5.75 Å². The molecule has 1 saturated heterocycles. The molecule has 2 aromatic rings. The third-order valence-corrected chi connectivity index (χ3v) is 6.01. The molecule has 0 saturated carbocycles. The Kier molecular flexibility index (Phi) is 5.68. The first-order chi connectivity index (χ1) is 12.0.